The molecule has 2 aliphatic rings. The van der Waals surface area contributed by atoms with Crippen LogP contribution in [0.1, 0.15) is 75.5 Å². The van der Waals surface area contributed by atoms with Gasteiger partial charge in [-0.15, -0.1) is 0 Å². The Bertz CT molecular complexity index is 1260. The number of methoxy groups -OCH3 is 1. The van der Waals surface area contributed by atoms with E-state index in [0.717, 1.165) is 51.5 Å². The molecule has 0 aliphatic heterocycles. The maximum atomic E-state index is 14.4. The average Bonchev–Trinajstić information content (AvgIpc) is 3.10. The molecule has 5 heteroatoms. The lowest BCUT2D eigenvalue weighted by Crippen LogP contribution is -2.50. The molecule has 0 saturated heterocycles. The highest BCUT2D eigenvalue weighted by atomic mass is 79.9. The van der Waals surface area contributed by atoms with Gasteiger partial charge in [0.05, 0.1) is 18.2 Å². The maximum absolute atomic E-state index is 14.4. The topological polar surface area (TPSA) is 42.1 Å². The summed E-state index contributed by atoms with van der Waals surface area (Å²) in [6.45, 7) is 8.69. The molecule has 2 aliphatic carbocycles. The summed E-state index contributed by atoms with van der Waals surface area (Å²) in [6.07, 6.45) is 2.65. The van der Waals surface area contributed by atoms with Crippen LogP contribution in [-0.2, 0) is 14.9 Å². The molecule has 3 atom stereocenters. The molecule has 2 aromatic carbocycles. The third kappa shape index (κ3) is 2.79. The molecule has 32 heavy (non-hydrogen) atoms. The van der Waals surface area contributed by atoms with Gasteiger partial charge in [-0.05, 0) is 72.7 Å². The van der Waals surface area contributed by atoms with Gasteiger partial charge in [0.25, 0.3) is 0 Å². The largest absolute Gasteiger partial charge is 0.469 e. The van der Waals surface area contributed by atoms with Gasteiger partial charge in [-0.3, -0.25) is 4.79 Å². The van der Waals surface area contributed by atoms with E-state index in [4.69, 9.17) is 4.74 Å². The molecule has 3 aromatic rings. The number of H-pyrrole nitrogens is 1. The van der Waals surface area contributed by atoms with Crippen LogP contribution in [0, 0.1) is 11.2 Å². The van der Waals surface area contributed by atoms with Gasteiger partial charge in [0.15, 0.2) is 0 Å². The highest BCUT2D eigenvalue weighted by Crippen LogP contribution is 2.64. The van der Waals surface area contributed by atoms with E-state index in [-0.39, 0.29) is 23.1 Å². The van der Waals surface area contributed by atoms with Crippen molar-refractivity contribution >= 4 is 32.8 Å². The fraction of sp³-hybridized carbons (Fsp3) is 0.444. The number of fused-ring (bicyclic) bond motifs is 8. The SMILES string of the molecule is COC(=O)[C@]1(C)CCC[C@]2(C)c3cc(Br)c(C(C)C)cc3-c3[nH]c4ccc(F)cc4c3C12. The van der Waals surface area contributed by atoms with Crippen molar-refractivity contribution in [2.45, 2.75) is 64.2 Å². The Morgan fingerprint density at radius 3 is 2.66 bits per heavy atom. The summed E-state index contributed by atoms with van der Waals surface area (Å²) in [5.74, 6) is -0.212. The van der Waals surface area contributed by atoms with Gasteiger partial charge in [0.1, 0.15) is 5.82 Å². The number of carbonyl (C=O) groups is 1. The van der Waals surface area contributed by atoms with Crippen molar-refractivity contribution in [3.05, 3.63) is 57.3 Å². The molecule has 1 aromatic heterocycles. The molecule has 3 nitrogen and oxygen atoms in total. The monoisotopic (exact) mass is 497 g/mol. The molecule has 1 heterocycles. The standard InChI is InChI=1S/C27H29BrFNO2/c1-14(2)16-12-17-19(13-20(16)28)26(3)9-6-10-27(4,25(31)32-5)24(26)22-18-11-15(29)7-8-21(18)30-23(17)22/h7-8,11-14,24,30H,6,9-10H2,1-5H3/t24?,26-,27-/m1/s1. The Labute approximate surface area is 196 Å². The number of aromatic amines is 1. The quantitative estimate of drug-likeness (QED) is 0.370. The van der Waals surface area contributed by atoms with Crippen LogP contribution in [0.25, 0.3) is 22.2 Å². The minimum atomic E-state index is -0.696. The zero-order valence-corrected chi connectivity index (χ0v) is 20.8. The number of halogens is 2. The third-order valence-electron chi connectivity index (χ3n) is 8.05. The molecule has 168 valence electrons. The number of aromatic nitrogens is 1. The average molecular weight is 498 g/mol. The fourth-order valence-corrected chi connectivity index (χ4v) is 7.41. The molecule has 1 N–H and O–H groups in total. The lowest BCUT2D eigenvalue weighted by Gasteiger charge is -2.54. The summed E-state index contributed by atoms with van der Waals surface area (Å²) in [5.41, 5.74) is 5.65. The number of nitrogens with one attached hydrogen (secondary N) is 1. The Morgan fingerprint density at radius 1 is 1.22 bits per heavy atom. The number of ether oxygens (including phenoxy) is 1. The molecule has 1 unspecified atom stereocenters. The van der Waals surface area contributed by atoms with Crippen LogP contribution in [0.4, 0.5) is 4.39 Å². The van der Waals surface area contributed by atoms with Crippen LogP contribution in [0.3, 0.4) is 0 Å². The van der Waals surface area contributed by atoms with Gasteiger partial charge < -0.3 is 9.72 Å². The molecule has 1 fully saturated rings. The lowest BCUT2D eigenvalue weighted by molar-refractivity contribution is -0.157. The fourth-order valence-electron chi connectivity index (χ4n) is 6.60. The molecule has 0 bridgehead atoms. The van der Waals surface area contributed by atoms with E-state index >= 15 is 0 Å². The van der Waals surface area contributed by atoms with Crippen LogP contribution in [0.5, 0.6) is 0 Å². The number of carbonyl (C=O) groups excluding carboxylic acids is 1. The molecular formula is C27H29BrFNO2. The second-order valence-corrected chi connectivity index (χ2v) is 11.1. The van der Waals surface area contributed by atoms with Gasteiger partial charge in [0, 0.05) is 32.3 Å². The Balaban J connectivity index is 1.92. The summed E-state index contributed by atoms with van der Waals surface area (Å²) in [4.78, 5) is 16.8. The molecule has 5 rings (SSSR count). The van der Waals surface area contributed by atoms with Crippen LogP contribution in [0.15, 0.2) is 34.8 Å². The zero-order valence-electron chi connectivity index (χ0n) is 19.2. The predicted octanol–water partition coefficient (Wildman–Crippen LogP) is 7.58. The van der Waals surface area contributed by atoms with E-state index in [0.29, 0.717) is 5.92 Å². The summed E-state index contributed by atoms with van der Waals surface area (Å²) >= 11 is 3.82. The summed E-state index contributed by atoms with van der Waals surface area (Å²) in [7, 11) is 1.47. The van der Waals surface area contributed by atoms with Gasteiger partial charge in [0.2, 0.25) is 0 Å². The predicted molar refractivity (Wildman–Crippen MR) is 130 cm³/mol. The molecule has 1 saturated carbocycles. The Kier molecular flexibility index (Phi) is 4.87. The van der Waals surface area contributed by atoms with Gasteiger partial charge in [-0.1, -0.05) is 43.1 Å². The van der Waals surface area contributed by atoms with Crippen LogP contribution in [-0.4, -0.2) is 18.1 Å². The molecular weight excluding hydrogens is 469 g/mol. The van der Waals surface area contributed by atoms with Crippen LogP contribution < -0.4 is 0 Å². The van der Waals surface area contributed by atoms with E-state index in [1.54, 1.807) is 12.1 Å². The van der Waals surface area contributed by atoms with E-state index in [1.165, 1.54) is 24.3 Å². The minimum Gasteiger partial charge on any atom is -0.469 e. The number of hydrogen-bond donors (Lipinski definition) is 1. The van der Waals surface area contributed by atoms with E-state index in [1.807, 2.05) is 6.92 Å². The van der Waals surface area contributed by atoms with E-state index < -0.39 is 5.41 Å². The second kappa shape index (κ2) is 7.18. The first-order valence-electron chi connectivity index (χ1n) is 11.4. The van der Waals surface area contributed by atoms with E-state index in [2.05, 4.69) is 53.8 Å². The van der Waals surface area contributed by atoms with E-state index in [9.17, 15) is 9.18 Å². The van der Waals surface area contributed by atoms with Crippen molar-refractivity contribution in [1.82, 2.24) is 4.98 Å². The highest BCUT2D eigenvalue weighted by Gasteiger charge is 2.58. The highest BCUT2D eigenvalue weighted by molar-refractivity contribution is 9.10. The minimum absolute atomic E-state index is 0.119. The summed E-state index contributed by atoms with van der Waals surface area (Å²) in [6, 6.07) is 9.45. The van der Waals surface area contributed by atoms with Gasteiger partial charge >= 0.3 is 5.97 Å². The third-order valence-corrected chi connectivity index (χ3v) is 8.74. The number of hydrogen-bond acceptors (Lipinski definition) is 2. The summed E-state index contributed by atoms with van der Waals surface area (Å²) in [5, 5.41) is 0.868. The first kappa shape index (κ1) is 21.7. The Hall–Kier alpha value is -2.14. The zero-order chi connectivity index (χ0) is 23.0. The van der Waals surface area contributed by atoms with Crippen LogP contribution in [0.2, 0.25) is 0 Å². The normalized spacial score (nSPS) is 26.6. The molecule has 0 radical (unpaired) electrons. The maximum Gasteiger partial charge on any atom is 0.312 e. The van der Waals surface area contributed by atoms with Crippen LogP contribution >= 0.6 is 15.9 Å². The second-order valence-electron chi connectivity index (χ2n) is 10.3. The first-order chi connectivity index (χ1) is 15.1. The molecule has 0 amide bonds. The van der Waals surface area contributed by atoms with Crippen molar-refractivity contribution in [3.63, 3.8) is 0 Å². The van der Waals surface area contributed by atoms with Crippen molar-refractivity contribution in [1.29, 1.82) is 0 Å². The van der Waals surface area contributed by atoms with Crippen molar-refractivity contribution in [3.8, 4) is 11.3 Å². The van der Waals surface area contributed by atoms with Gasteiger partial charge in [-0.2, -0.15) is 0 Å². The summed E-state index contributed by atoms with van der Waals surface area (Å²) < 4.78 is 20.9. The van der Waals surface area contributed by atoms with Crippen molar-refractivity contribution < 1.29 is 13.9 Å². The Morgan fingerprint density at radius 2 is 1.97 bits per heavy atom. The molecule has 0 spiro atoms. The lowest BCUT2D eigenvalue weighted by atomic mass is 9.49. The van der Waals surface area contributed by atoms with Gasteiger partial charge in [-0.25, -0.2) is 4.39 Å². The van der Waals surface area contributed by atoms with Crippen molar-refractivity contribution in [2.24, 2.45) is 5.41 Å². The number of rotatable bonds is 2. The number of esters is 1. The first-order valence-corrected chi connectivity index (χ1v) is 12.1. The number of benzene rings is 2. The van der Waals surface area contributed by atoms with Crippen molar-refractivity contribution in [2.75, 3.05) is 7.11 Å². The smallest absolute Gasteiger partial charge is 0.312 e.